The van der Waals surface area contributed by atoms with Crippen LogP contribution in [0.4, 0.5) is 0 Å². The van der Waals surface area contributed by atoms with E-state index in [9.17, 15) is 0 Å². The molecular formula is C10H13ClN2O. The Kier molecular flexibility index (Phi) is 2.89. The van der Waals surface area contributed by atoms with Crippen LogP contribution in [0.2, 0.25) is 5.02 Å². The number of nitrogens with zero attached hydrogens (tertiary/aromatic N) is 1. The number of hydrogen-bond donors (Lipinski definition) is 1. The van der Waals surface area contributed by atoms with Gasteiger partial charge in [-0.2, -0.15) is 0 Å². The molecule has 76 valence electrons. The largest absolute Gasteiger partial charge is 0.487 e. The molecule has 1 aliphatic carbocycles. The van der Waals surface area contributed by atoms with E-state index in [-0.39, 0.29) is 12.1 Å². The Morgan fingerprint density at radius 2 is 2.36 bits per heavy atom. The van der Waals surface area contributed by atoms with Crippen LogP contribution >= 0.6 is 11.6 Å². The molecule has 0 saturated heterocycles. The number of aromatic nitrogens is 1. The number of hydrogen-bond acceptors (Lipinski definition) is 3. The summed E-state index contributed by atoms with van der Waals surface area (Å²) in [5, 5.41) is 0.548. The maximum Gasteiger partial charge on any atom is 0.141 e. The fourth-order valence-electron chi connectivity index (χ4n) is 1.72. The molecule has 2 N–H and O–H groups in total. The van der Waals surface area contributed by atoms with E-state index in [1.807, 2.05) is 0 Å². The van der Waals surface area contributed by atoms with Gasteiger partial charge in [0, 0.05) is 24.5 Å². The third-order valence-corrected chi connectivity index (χ3v) is 2.80. The SMILES string of the molecule is N[C@@H]1CCC[C@H]1Oc1ccncc1Cl. The summed E-state index contributed by atoms with van der Waals surface area (Å²) < 4.78 is 5.72. The van der Waals surface area contributed by atoms with Crippen LogP contribution in [0, 0.1) is 0 Å². The van der Waals surface area contributed by atoms with E-state index in [1.165, 1.54) is 0 Å². The molecule has 0 bridgehead atoms. The van der Waals surface area contributed by atoms with Gasteiger partial charge in [-0.1, -0.05) is 11.6 Å². The summed E-state index contributed by atoms with van der Waals surface area (Å²) in [4.78, 5) is 3.90. The maximum atomic E-state index is 5.92. The third-order valence-electron chi connectivity index (χ3n) is 2.52. The molecule has 1 heterocycles. The van der Waals surface area contributed by atoms with Gasteiger partial charge >= 0.3 is 0 Å². The van der Waals surface area contributed by atoms with Crippen LogP contribution in [0.5, 0.6) is 5.75 Å². The fraction of sp³-hybridized carbons (Fsp3) is 0.500. The Labute approximate surface area is 88.2 Å². The summed E-state index contributed by atoms with van der Waals surface area (Å²) in [5.41, 5.74) is 5.89. The Balaban J connectivity index is 2.07. The van der Waals surface area contributed by atoms with Gasteiger partial charge < -0.3 is 10.5 Å². The molecule has 4 heteroatoms. The summed E-state index contributed by atoms with van der Waals surface area (Å²) >= 11 is 5.92. The lowest BCUT2D eigenvalue weighted by atomic mass is 10.2. The monoisotopic (exact) mass is 212 g/mol. The molecule has 0 amide bonds. The average Bonchev–Trinajstić information content (AvgIpc) is 2.56. The predicted octanol–water partition coefficient (Wildman–Crippen LogP) is 1.99. The smallest absolute Gasteiger partial charge is 0.141 e. The van der Waals surface area contributed by atoms with Gasteiger partial charge in [-0.3, -0.25) is 4.98 Å². The van der Waals surface area contributed by atoms with Gasteiger partial charge in [-0.25, -0.2) is 0 Å². The average molecular weight is 213 g/mol. The molecule has 0 spiro atoms. The highest BCUT2D eigenvalue weighted by molar-refractivity contribution is 6.31. The van der Waals surface area contributed by atoms with E-state index in [0.29, 0.717) is 10.8 Å². The van der Waals surface area contributed by atoms with E-state index in [1.54, 1.807) is 18.5 Å². The zero-order chi connectivity index (χ0) is 9.97. The van der Waals surface area contributed by atoms with E-state index in [0.717, 1.165) is 19.3 Å². The minimum Gasteiger partial charge on any atom is -0.487 e. The van der Waals surface area contributed by atoms with Crippen LogP contribution in [0.25, 0.3) is 0 Å². The Morgan fingerprint density at radius 3 is 3.00 bits per heavy atom. The Bertz CT molecular complexity index is 319. The number of ether oxygens (including phenoxy) is 1. The van der Waals surface area contributed by atoms with Gasteiger partial charge in [0.2, 0.25) is 0 Å². The molecule has 0 aromatic carbocycles. The van der Waals surface area contributed by atoms with Crippen LogP contribution in [0.15, 0.2) is 18.5 Å². The Hall–Kier alpha value is -0.800. The van der Waals surface area contributed by atoms with Crippen LogP contribution in [-0.2, 0) is 0 Å². The second-order valence-corrected chi connectivity index (χ2v) is 3.96. The highest BCUT2D eigenvalue weighted by atomic mass is 35.5. The Morgan fingerprint density at radius 1 is 1.50 bits per heavy atom. The van der Waals surface area contributed by atoms with Crippen LogP contribution in [-0.4, -0.2) is 17.1 Å². The second kappa shape index (κ2) is 4.15. The number of nitrogens with two attached hydrogens (primary N) is 1. The molecule has 0 unspecified atom stereocenters. The first-order valence-corrected chi connectivity index (χ1v) is 5.17. The number of pyridine rings is 1. The standard InChI is InChI=1S/C10H13ClN2O/c11-7-6-13-5-4-9(7)14-10-3-1-2-8(10)12/h4-6,8,10H,1-3,12H2/t8-,10-/m1/s1. The third kappa shape index (κ3) is 1.99. The quantitative estimate of drug-likeness (QED) is 0.816. The minimum absolute atomic E-state index is 0.106. The first kappa shape index (κ1) is 9.74. The topological polar surface area (TPSA) is 48.1 Å². The molecule has 0 aliphatic heterocycles. The van der Waals surface area contributed by atoms with E-state index >= 15 is 0 Å². The number of rotatable bonds is 2. The van der Waals surface area contributed by atoms with Crippen LogP contribution in [0.3, 0.4) is 0 Å². The predicted molar refractivity (Wildman–Crippen MR) is 55.5 cm³/mol. The lowest BCUT2D eigenvalue weighted by Crippen LogP contribution is -2.33. The molecule has 2 rings (SSSR count). The molecule has 1 saturated carbocycles. The maximum absolute atomic E-state index is 5.92. The molecule has 1 aliphatic rings. The molecule has 2 atom stereocenters. The summed E-state index contributed by atoms with van der Waals surface area (Å²) in [6.45, 7) is 0. The van der Waals surface area contributed by atoms with Gasteiger partial charge in [0.15, 0.2) is 0 Å². The van der Waals surface area contributed by atoms with Gasteiger partial charge in [-0.05, 0) is 19.3 Å². The summed E-state index contributed by atoms with van der Waals surface area (Å²) in [7, 11) is 0. The van der Waals surface area contributed by atoms with Crippen molar-refractivity contribution in [2.24, 2.45) is 5.73 Å². The molecule has 0 radical (unpaired) electrons. The van der Waals surface area contributed by atoms with E-state index in [4.69, 9.17) is 22.1 Å². The normalized spacial score (nSPS) is 26.4. The highest BCUT2D eigenvalue weighted by Crippen LogP contribution is 2.28. The van der Waals surface area contributed by atoms with Crippen molar-refractivity contribution in [3.8, 4) is 5.75 Å². The van der Waals surface area contributed by atoms with Crippen LogP contribution < -0.4 is 10.5 Å². The van der Waals surface area contributed by atoms with E-state index < -0.39 is 0 Å². The van der Waals surface area contributed by atoms with E-state index in [2.05, 4.69) is 4.98 Å². The first-order valence-electron chi connectivity index (χ1n) is 4.79. The molecule has 3 nitrogen and oxygen atoms in total. The lowest BCUT2D eigenvalue weighted by Gasteiger charge is -2.18. The second-order valence-electron chi connectivity index (χ2n) is 3.56. The summed E-state index contributed by atoms with van der Waals surface area (Å²) in [6.07, 6.45) is 6.54. The molecular weight excluding hydrogens is 200 g/mol. The van der Waals surface area contributed by atoms with Crippen molar-refractivity contribution >= 4 is 11.6 Å². The zero-order valence-corrected chi connectivity index (χ0v) is 8.57. The zero-order valence-electron chi connectivity index (χ0n) is 7.82. The summed E-state index contributed by atoms with van der Waals surface area (Å²) in [5.74, 6) is 0.684. The molecule has 1 aromatic heterocycles. The van der Waals surface area contributed by atoms with Crippen LogP contribution in [0.1, 0.15) is 19.3 Å². The number of halogens is 1. The minimum atomic E-state index is 0.106. The van der Waals surface area contributed by atoms with Crippen molar-refractivity contribution in [3.05, 3.63) is 23.5 Å². The molecule has 1 aromatic rings. The van der Waals surface area contributed by atoms with Gasteiger partial charge in [0.25, 0.3) is 0 Å². The van der Waals surface area contributed by atoms with Crippen molar-refractivity contribution < 1.29 is 4.74 Å². The van der Waals surface area contributed by atoms with Gasteiger partial charge in [0.05, 0.1) is 0 Å². The fourth-order valence-corrected chi connectivity index (χ4v) is 1.89. The highest BCUT2D eigenvalue weighted by Gasteiger charge is 2.25. The van der Waals surface area contributed by atoms with Crippen molar-refractivity contribution in [3.63, 3.8) is 0 Å². The lowest BCUT2D eigenvalue weighted by molar-refractivity contribution is 0.191. The molecule has 1 fully saturated rings. The van der Waals surface area contributed by atoms with Crippen molar-refractivity contribution in [1.82, 2.24) is 4.98 Å². The van der Waals surface area contributed by atoms with Gasteiger partial charge in [-0.15, -0.1) is 0 Å². The van der Waals surface area contributed by atoms with Crippen molar-refractivity contribution in [2.75, 3.05) is 0 Å². The van der Waals surface area contributed by atoms with Crippen molar-refractivity contribution in [1.29, 1.82) is 0 Å². The molecule has 14 heavy (non-hydrogen) atoms. The summed E-state index contributed by atoms with van der Waals surface area (Å²) in [6, 6.07) is 1.91. The van der Waals surface area contributed by atoms with Gasteiger partial charge in [0.1, 0.15) is 16.9 Å². The van der Waals surface area contributed by atoms with Crippen molar-refractivity contribution in [2.45, 2.75) is 31.4 Å². The first-order chi connectivity index (χ1) is 6.77.